The molecular weight excluding hydrogens is 344 g/mol. The van der Waals surface area contributed by atoms with Crippen LogP contribution >= 0.6 is 0 Å². The number of aliphatic hydroxyl groups is 4. The number of aliphatic hydroxyl groups excluding tert-OH is 4. The maximum Gasteiger partial charge on any atom is 0.229 e. The third-order valence-corrected chi connectivity index (χ3v) is 4.57. The molecule has 26 heavy (non-hydrogen) atoms. The van der Waals surface area contributed by atoms with E-state index in [0.717, 1.165) is 10.9 Å². The minimum absolute atomic E-state index is 0.0155. The van der Waals surface area contributed by atoms with Crippen LogP contribution in [0.1, 0.15) is 5.56 Å². The summed E-state index contributed by atoms with van der Waals surface area (Å²) in [5.41, 5.74) is 0.806. The van der Waals surface area contributed by atoms with E-state index < -0.39 is 37.3 Å². The molecule has 0 aromatic heterocycles. The normalized spacial score (nSPS) is 28.9. The molecule has 0 radical (unpaired) electrons. The van der Waals surface area contributed by atoms with Gasteiger partial charge in [-0.25, -0.2) is 0 Å². The molecule has 1 aliphatic rings. The maximum atomic E-state index is 10.5. The monoisotopic (exact) mass is 366 g/mol. The quantitative estimate of drug-likeness (QED) is 0.513. The number of phenolic OH excluding ortho intramolecular Hbond substituents is 1. The molecule has 8 heteroatoms. The highest BCUT2D eigenvalue weighted by molar-refractivity contribution is 5.95. The number of hydrogen-bond acceptors (Lipinski definition) is 8. The summed E-state index contributed by atoms with van der Waals surface area (Å²) in [7, 11) is 1.40. The Hall–Kier alpha value is -2.10. The van der Waals surface area contributed by atoms with Crippen LogP contribution in [0.25, 0.3) is 10.8 Å². The average Bonchev–Trinajstić information content (AvgIpc) is 2.63. The van der Waals surface area contributed by atoms with Crippen molar-refractivity contribution in [3.05, 3.63) is 29.8 Å². The van der Waals surface area contributed by atoms with Crippen molar-refractivity contribution >= 4 is 10.8 Å². The average molecular weight is 366 g/mol. The number of benzene rings is 2. The van der Waals surface area contributed by atoms with E-state index in [1.807, 2.05) is 25.1 Å². The Morgan fingerprint density at radius 3 is 2.50 bits per heavy atom. The van der Waals surface area contributed by atoms with Crippen LogP contribution in [0.15, 0.2) is 24.3 Å². The molecule has 142 valence electrons. The summed E-state index contributed by atoms with van der Waals surface area (Å²) in [6.45, 7) is 1.25. The van der Waals surface area contributed by atoms with E-state index in [9.17, 15) is 25.5 Å². The third-order valence-electron chi connectivity index (χ3n) is 4.57. The second-order valence-corrected chi connectivity index (χ2v) is 6.24. The van der Waals surface area contributed by atoms with Gasteiger partial charge in [-0.15, -0.1) is 0 Å². The van der Waals surface area contributed by atoms with Gasteiger partial charge in [0.25, 0.3) is 0 Å². The van der Waals surface area contributed by atoms with Crippen molar-refractivity contribution in [3.63, 3.8) is 0 Å². The molecule has 8 nitrogen and oxygen atoms in total. The van der Waals surface area contributed by atoms with E-state index in [0.29, 0.717) is 5.39 Å². The topological polar surface area (TPSA) is 129 Å². The lowest BCUT2D eigenvalue weighted by atomic mass is 9.99. The summed E-state index contributed by atoms with van der Waals surface area (Å²) in [5, 5.41) is 51.1. The molecule has 5 unspecified atom stereocenters. The molecule has 3 rings (SSSR count). The lowest BCUT2D eigenvalue weighted by molar-refractivity contribution is -0.277. The van der Waals surface area contributed by atoms with Crippen LogP contribution in [-0.2, 0) is 4.74 Å². The first-order valence-corrected chi connectivity index (χ1v) is 8.15. The smallest absolute Gasteiger partial charge is 0.229 e. The van der Waals surface area contributed by atoms with Crippen LogP contribution < -0.4 is 9.47 Å². The van der Waals surface area contributed by atoms with Gasteiger partial charge in [-0.05, 0) is 23.9 Å². The Balaban J connectivity index is 2.06. The lowest BCUT2D eigenvalue weighted by Crippen LogP contribution is -2.60. The Morgan fingerprint density at radius 1 is 1.12 bits per heavy atom. The standard InChI is InChI=1S/C18H22O8/c1-8-4-3-5-9-6-10(24-2)14(21)17(12(8)9)26-18-16(23)15(22)13(20)11(7-19)25-18/h3-6,11,13,15-16,18-23H,7H2,1-2H3. The van der Waals surface area contributed by atoms with Gasteiger partial charge >= 0.3 is 0 Å². The fourth-order valence-corrected chi connectivity index (χ4v) is 3.11. The summed E-state index contributed by atoms with van der Waals surface area (Å²) in [4.78, 5) is 0. The zero-order valence-corrected chi connectivity index (χ0v) is 14.4. The molecule has 1 fully saturated rings. The first-order chi connectivity index (χ1) is 12.4. The molecule has 1 heterocycles. The van der Waals surface area contributed by atoms with Gasteiger partial charge in [-0.1, -0.05) is 18.2 Å². The van der Waals surface area contributed by atoms with E-state index in [4.69, 9.17) is 14.2 Å². The highest BCUT2D eigenvalue weighted by atomic mass is 16.7. The van der Waals surface area contributed by atoms with Crippen molar-refractivity contribution in [1.29, 1.82) is 0 Å². The Labute approximate surface area is 149 Å². The first kappa shape index (κ1) is 18.7. The predicted molar refractivity (Wildman–Crippen MR) is 91.3 cm³/mol. The van der Waals surface area contributed by atoms with Gasteiger partial charge in [0, 0.05) is 5.39 Å². The molecule has 0 saturated carbocycles. The Kier molecular flexibility index (Phi) is 5.22. The maximum absolute atomic E-state index is 10.5. The summed E-state index contributed by atoms with van der Waals surface area (Å²) < 4.78 is 16.2. The third kappa shape index (κ3) is 3.06. The number of ether oxygens (including phenoxy) is 3. The van der Waals surface area contributed by atoms with Gasteiger partial charge < -0.3 is 39.7 Å². The summed E-state index contributed by atoms with van der Waals surface area (Å²) in [6.07, 6.45) is -7.18. The molecule has 5 atom stereocenters. The van der Waals surface area contributed by atoms with Crippen molar-refractivity contribution in [1.82, 2.24) is 0 Å². The van der Waals surface area contributed by atoms with Crippen LogP contribution in [0.2, 0.25) is 0 Å². The van der Waals surface area contributed by atoms with Crippen molar-refractivity contribution in [2.75, 3.05) is 13.7 Å². The Morgan fingerprint density at radius 2 is 1.85 bits per heavy atom. The summed E-state index contributed by atoms with van der Waals surface area (Å²) >= 11 is 0. The minimum Gasteiger partial charge on any atom is -0.502 e. The van der Waals surface area contributed by atoms with Crippen molar-refractivity contribution in [2.24, 2.45) is 0 Å². The van der Waals surface area contributed by atoms with E-state index in [1.54, 1.807) is 6.07 Å². The van der Waals surface area contributed by atoms with Crippen LogP contribution in [0.5, 0.6) is 17.2 Å². The van der Waals surface area contributed by atoms with E-state index in [-0.39, 0.29) is 17.2 Å². The molecule has 0 amide bonds. The largest absolute Gasteiger partial charge is 0.502 e. The molecule has 2 aromatic rings. The van der Waals surface area contributed by atoms with Gasteiger partial charge in [-0.3, -0.25) is 0 Å². The number of aryl methyl sites for hydroxylation is 1. The second kappa shape index (κ2) is 7.26. The van der Waals surface area contributed by atoms with Crippen LogP contribution in [0.4, 0.5) is 0 Å². The van der Waals surface area contributed by atoms with E-state index in [1.165, 1.54) is 7.11 Å². The summed E-state index contributed by atoms with van der Waals surface area (Å²) in [6, 6.07) is 7.13. The summed E-state index contributed by atoms with van der Waals surface area (Å²) in [5.74, 6) is -0.101. The molecule has 1 aliphatic heterocycles. The van der Waals surface area contributed by atoms with Gasteiger partial charge in [0.2, 0.25) is 12.0 Å². The fraction of sp³-hybridized carbons (Fsp3) is 0.444. The van der Waals surface area contributed by atoms with Crippen LogP contribution in [-0.4, -0.2) is 70.0 Å². The van der Waals surface area contributed by atoms with Crippen LogP contribution in [0.3, 0.4) is 0 Å². The number of rotatable bonds is 4. The van der Waals surface area contributed by atoms with Gasteiger partial charge in [0.1, 0.15) is 24.4 Å². The fourth-order valence-electron chi connectivity index (χ4n) is 3.11. The second-order valence-electron chi connectivity index (χ2n) is 6.24. The molecular formula is C18H22O8. The van der Waals surface area contributed by atoms with Gasteiger partial charge in [0.15, 0.2) is 11.5 Å². The predicted octanol–water partition coefficient (Wildman–Crippen LogP) is 0.0411. The number of aromatic hydroxyl groups is 1. The number of methoxy groups -OCH3 is 1. The van der Waals surface area contributed by atoms with Crippen molar-refractivity contribution in [2.45, 2.75) is 37.6 Å². The molecule has 2 aromatic carbocycles. The van der Waals surface area contributed by atoms with Gasteiger partial charge in [0.05, 0.1) is 13.7 Å². The molecule has 0 aliphatic carbocycles. The highest BCUT2D eigenvalue weighted by Gasteiger charge is 2.45. The molecule has 0 bridgehead atoms. The highest BCUT2D eigenvalue weighted by Crippen LogP contribution is 2.45. The number of fused-ring (bicyclic) bond motifs is 1. The number of phenols is 1. The van der Waals surface area contributed by atoms with Crippen LogP contribution in [0, 0.1) is 6.92 Å². The lowest BCUT2D eigenvalue weighted by Gasteiger charge is -2.39. The van der Waals surface area contributed by atoms with E-state index >= 15 is 0 Å². The molecule has 1 saturated heterocycles. The minimum atomic E-state index is -1.59. The Bertz CT molecular complexity index is 790. The first-order valence-electron chi connectivity index (χ1n) is 8.15. The molecule has 0 spiro atoms. The number of hydrogen-bond donors (Lipinski definition) is 5. The zero-order valence-electron chi connectivity index (χ0n) is 14.4. The van der Waals surface area contributed by atoms with Gasteiger partial charge in [-0.2, -0.15) is 0 Å². The van der Waals surface area contributed by atoms with Crippen molar-refractivity contribution in [3.8, 4) is 17.2 Å². The molecule has 5 N–H and O–H groups in total. The SMILES string of the molecule is COc1cc2cccc(C)c2c(OC2OC(CO)C(O)C(O)C2O)c1O. The zero-order chi connectivity index (χ0) is 19.0. The van der Waals surface area contributed by atoms with E-state index in [2.05, 4.69) is 0 Å². The van der Waals surface area contributed by atoms with Crippen molar-refractivity contribution < 1.29 is 39.7 Å².